The van der Waals surface area contributed by atoms with Gasteiger partial charge in [0, 0.05) is 42.0 Å². The molecule has 0 aliphatic heterocycles. The Labute approximate surface area is 228 Å². The molecule has 0 saturated heterocycles. The van der Waals surface area contributed by atoms with E-state index in [1.807, 2.05) is 4.68 Å². The number of hydrogen-bond acceptors (Lipinski definition) is 1. The molecule has 0 atom stereocenters. The van der Waals surface area contributed by atoms with Crippen LogP contribution in [-0.2, 0) is 33.4 Å². The summed E-state index contributed by atoms with van der Waals surface area (Å²) in [6.07, 6.45) is 15.7. The van der Waals surface area contributed by atoms with Gasteiger partial charge in [0.1, 0.15) is 0 Å². The molecule has 0 fully saturated rings. The minimum Gasteiger partial charge on any atom is -0.347 e. The van der Waals surface area contributed by atoms with Crippen LogP contribution in [0.3, 0.4) is 0 Å². The zero-order valence-corrected chi connectivity index (χ0v) is 24.6. The molecule has 1 aliphatic carbocycles. The number of nitrogens with zero attached hydrogens (tertiary/aromatic N) is 3. The molecule has 0 bridgehead atoms. The summed E-state index contributed by atoms with van der Waals surface area (Å²) in [5, 5.41) is 7.14. The van der Waals surface area contributed by atoms with Crippen LogP contribution in [-0.4, -0.2) is 14.3 Å². The summed E-state index contributed by atoms with van der Waals surface area (Å²) in [4.78, 5) is 0. The Morgan fingerprint density at radius 2 is 1.73 bits per heavy atom. The van der Waals surface area contributed by atoms with Gasteiger partial charge in [0.15, 0.2) is 0 Å². The third-order valence-electron chi connectivity index (χ3n) is 8.17. The maximum absolute atomic E-state index is 7.03. The van der Waals surface area contributed by atoms with E-state index in [2.05, 4.69) is 77.2 Å². The van der Waals surface area contributed by atoms with E-state index in [9.17, 15) is 0 Å². The third kappa shape index (κ3) is 5.67. The van der Waals surface area contributed by atoms with E-state index in [0.29, 0.717) is 0 Å². The Morgan fingerprint density at radius 1 is 1.00 bits per heavy atom. The van der Waals surface area contributed by atoms with Crippen molar-refractivity contribution in [3.8, 4) is 11.1 Å². The summed E-state index contributed by atoms with van der Waals surface area (Å²) in [6.45, 7) is 13.0. The van der Waals surface area contributed by atoms with Gasteiger partial charge >= 0.3 is 0 Å². The van der Waals surface area contributed by atoms with Crippen molar-refractivity contribution in [3.05, 3.63) is 75.3 Å². The fourth-order valence-electron chi connectivity index (χ4n) is 5.95. The molecule has 0 unspecified atom stereocenters. The fourth-order valence-corrected chi connectivity index (χ4v) is 6.20. The van der Waals surface area contributed by atoms with Gasteiger partial charge < -0.3 is 4.57 Å². The van der Waals surface area contributed by atoms with Crippen molar-refractivity contribution in [2.24, 2.45) is 14.1 Å². The minimum atomic E-state index is 0.812. The third-order valence-corrected chi connectivity index (χ3v) is 8.49. The number of allylic oxidation sites excluding steroid dienone is 5. The van der Waals surface area contributed by atoms with Gasteiger partial charge in [-0.15, -0.1) is 6.58 Å². The molecule has 198 valence electrons. The van der Waals surface area contributed by atoms with Crippen molar-refractivity contribution in [1.29, 1.82) is 0 Å². The van der Waals surface area contributed by atoms with Crippen LogP contribution in [0.4, 0.5) is 0 Å². The van der Waals surface area contributed by atoms with Crippen molar-refractivity contribution in [2.45, 2.75) is 91.9 Å². The first-order valence-corrected chi connectivity index (χ1v) is 14.5. The highest BCUT2D eigenvalue weighted by molar-refractivity contribution is 6.35. The molecule has 2 aromatic heterocycles. The van der Waals surface area contributed by atoms with E-state index in [4.69, 9.17) is 16.7 Å². The van der Waals surface area contributed by atoms with E-state index >= 15 is 0 Å². The van der Waals surface area contributed by atoms with Crippen LogP contribution in [0, 0.1) is 6.92 Å². The number of aryl methyl sites for hydroxylation is 4. The highest BCUT2D eigenvalue weighted by Gasteiger charge is 2.24. The molecule has 0 spiro atoms. The molecule has 0 saturated carbocycles. The minimum absolute atomic E-state index is 0.812. The zero-order chi connectivity index (χ0) is 26.7. The summed E-state index contributed by atoms with van der Waals surface area (Å²) in [7, 11) is 4.28. The highest BCUT2D eigenvalue weighted by Crippen LogP contribution is 2.42. The number of halogens is 1. The summed E-state index contributed by atoms with van der Waals surface area (Å²) in [5.41, 5.74) is 13.2. The maximum atomic E-state index is 7.03. The molecule has 37 heavy (non-hydrogen) atoms. The first kappa shape index (κ1) is 27.5. The van der Waals surface area contributed by atoms with Crippen molar-refractivity contribution in [3.63, 3.8) is 0 Å². The molecule has 3 aromatic rings. The molecule has 3 nitrogen and oxygen atoms in total. The lowest BCUT2D eigenvalue weighted by Gasteiger charge is -2.14. The SMILES string of the molecule is C=C(C)CCc1c(CCC)n(C)c2c(-c3c(CCCC4=CC=C(CC)CC4)nn(C)c3C)c(Cl)ccc12. The molecule has 2 heterocycles. The van der Waals surface area contributed by atoms with E-state index < -0.39 is 0 Å². The summed E-state index contributed by atoms with van der Waals surface area (Å²) in [6, 6.07) is 4.33. The largest absolute Gasteiger partial charge is 0.347 e. The van der Waals surface area contributed by atoms with Crippen LogP contribution >= 0.6 is 11.6 Å². The first-order valence-electron chi connectivity index (χ1n) is 14.1. The zero-order valence-electron chi connectivity index (χ0n) is 23.8. The second-order valence-corrected chi connectivity index (χ2v) is 11.3. The molecular formula is C33H44ClN3. The number of rotatable bonds is 11. The van der Waals surface area contributed by atoms with Crippen LogP contribution in [0.1, 0.15) is 88.4 Å². The Kier molecular flexibility index (Phi) is 8.85. The Balaban J connectivity index is 1.75. The van der Waals surface area contributed by atoms with Gasteiger partial charge in [0.2, 0.25) is 0 Å². The van der Waals surface area contributed by atoms with Crippen LogP contribution in [0.25, 0.3) is 22.0 Å². The molecule has 1 aromatic carbocycles. The summed E-state index contributed by atoms with van der Waals surface area (Å²) >= 11 is 7.03. The molecule has 1 aliphatic rings. The quantitative estimate of drug-likeness (QED) is 0.232. The van der Waals surface area contributed by atoms with Gasteiger partial charge in [-0.25, -0.2) is 0 Å². The lowest BCUT2D eigenvalue weighted by Crippen LogP contribution is -2.00. The van der Waals surface area contributed by atoms with Gasteiger partial charge in [-0.05, 0) is 83.3 Å². The summed E-state index contributed by atoms with van der Waals surface area (Å²) < 4.78 is 4.45. The lowest BCUT2D eigenvalue weighted by atomic mass is 9.92. The van der Waals surface area contributed by atoms with Crippen LogP contribution in [0.2, 0.25) is 5.02 Å². The Morgan fingerprint density at radius 3 is 2.38 bits per heavy atom. The van der Waals surface area contributed by atoms with Gasteiger partial charge in [-0.3, -0.25) is 4.68 Å². The van der Waals surface area contributed by atoms with Gasteiger partial charge in [0.25, 0.3) is 0 Å². The Hall–Kier alpha value is -2.52. The Bertz CT molecular complexity index is 1360. The van der Waals surface area contributed by atoms with Crippen molar-refractivity contribution < 1.29 is 0 Å². The molecule has 0 amide bonds. The summed E-state index contributed by atoms with van der Waals surface area (Å²) in [5.74, 6) is 0. The molecule has 0 N–H and O–H groups in total. The monoisotopic (exact) mass is 517 g/mol. The average Bonchev–Trinajstić information content (AvgIpc) is 3.31. The highest BCUT2D eigenvalue weighted by atomic mass is 35.5. The van der Waals surface area contributed by atoms with Crippen molar-refractivity contribution in [2.75, 3.05) is 0 Å². The molecule has 4 rings (SSSR count). The van der Waals surface area contributed by atoms with Gasteiger partial charge in [-0.2, -0.15) is 5.10 Å². The van der Waals surface area contributed by atoms with E-state index in [0.717, 1.165) is 61.2 Å². The van der Waals surface area contributed by atoms with Crippen molar-refractivity contribution in [1.82, 2.24) is 14.3 Å². The second-order valence-electron chi connectivity index (χ2n) is 10.9. The van der Waals surface area contributed by atoms with E-state index in [1.54, 1.807) is 11.1 Å². The van der Waals surface area contributed by atoms with Crippen LogP contribution in [0.15, 0.2) is 47.6 Å². The fraction of sp³-hybridized carbons (Fsp3) is 0.485. The van der Waals surface area contributed by atoms with Crippen molar-refractivity contribution >= 4 is 22.5 Å². The van der Waals surface area contributed by atoms with Gasteiger partial charge in [0.05, 0.1) is 16.2 Å². The van der Waals surface area contributed by atoms with E-state index in [-0.39, 0.29) is 0 Å². The van der Waals surface area contributed by atoms with Crippen LogP contribution in [0.5, 0.6) is 0 Å². The lowest BCUT2D eigenvalue weighted by molar-refractivity contribution is 0.694. The molecule has 0 radical (unpaired) electrons. The smallest absolute Gasteiger partial charge is 0.0707 e. The molecule has 4 heteroatoms. The normalized spacial score (nSPS) is 13.8. The maximum Gasteiger partial charge on any atom is 0.0707 e. The number of benzene rings is 1. The van der Waals surface area contributed by atoms with E-state index in [1.165, 1.54) is 58.3 Å². The number of aromatic nitrogens is 3. The topological polar surface area (TPSA) is 22.8 Å². The predicted molar refractivity (Wildman–Crippen MR) is 161 cm³/mol. The van der Waals surface area contributed by atoms with Crippen LogP contribution < -0.4 is 0 Å². The first-order chi connectivity index (χ1) is 17.8. The number of hydrogen-bond donors (Lipinski definition) is 0. The predicted octanol–water partition coefficient (Wildman–Crippen LogP) is 9.38. The standard InChI is InChI=1S/C33H44ClN3/c1-8-11-30-26(19-14-22(3)4)27-20-21-28(34)32(33(27)36(30)6)31-23(5)37(7)35-29(31)13-10-12-25-17-15-24(9-2)16-18-25/h15,17,20-21H,3,8-14,16,18-19H2,1-2,4-7H3. The second kappa shape index (κ2) is 11.9. The van der Waals surface area contributed by atoms with Gasteiger partial charge in [-0.1, -0.05) is 66.8 Å². The average molecular weight is 518 g/mol. The number of fused-ring (bicyclic) bond motifs is 1. The molecular weight excluding hydrogens is 474 g/mol.